The van der Waals surface area contributed by atoms with Crippen LogP contribution in [-0.4, -0.2) is 41.3 Å². The van der Waals surface area contributed by atoms with Crippen LogP contribution in [0.2, 0.25) is 0 Å². The molecule has 0 unspecified atom stereocenters. The van der Waals surface area contributed by atoms with Gasteiger partial charge in [-0.2, -0.15) is 0 Å². The van der Waals surface area contributed by atoms with Crippen molar-refractivity contribution in [1.29, 1.82) is 0 Å². The SMILES string of the molecule is O=C1CC2(CCN(C(=O)c3ccc([N+](=O)[O-])s3)CC2)CN1. The van der Waals surface area contributed by atoms with E-state index in [9.17, 15) is 19.7 Å². The number of nitrogens with one attached hydrogen (secondary N) is 1. The molecule has 0 aromatic carbocycles. The lowest BCUT2D eigenvalue weighted by Crippen LogP contribution is -2.43. The van der Waals surface area contributed by atoms with E-state index in [1.807, 2.05) is 0 Å². The standard InChI is InChI=1S/C13H15N3O4S/c17-10-7-13(8-14-10)3-5-15(6-4-13)12(18)9-1-2-11(21-9)16(19)20/h1-2H,3-8H2,(H,14,17). The van der Waals surface area contributed by atoms with Gasteiger partial charge < -0.3 is 10.2 Å². The van der Waals surface area contributed by atoms with Crippen LogP contribution in [0.3, 0.4) is 0 Å². The summed E-state index contributed by atoms with van der Waals surface area (Å²) in [6.07, 6.45) is 2.13. The van der Waals surface area contributed by atoms with E-state index in [4.69, 9.17) is 0 Å². The van der Waals surface area contributed by atoms with Crippen LogP contribution in [0.4, 0.5) is 5.00 Å². The number of hydrogen-bond donors (Lipinski definition) is 1. The molecule has 0 bridgehead atoms. The highest BCUT2D eigenvalue weighted by molar-refractivity contribution is 7.17. The molecule has 0 radical (unpaired) electrons. The molecule has 21 heavy (non-hydrogen) atoms. The zero-order valence-corrected chi connectivity index (χ0v) is 12.1. The lowest BCUT2D eigenvalue weighted by Gasteiger charge is -2.37. The Morgan fingerprint density at radius 2 is 2.10 bits per heavy atom. The van der Waals surface area contributed by atoms with Gasteiger partial charge in [-0.15, -0.1) is 0 Å². The van der Waals surface area contributed by atoms with Crippen molar-refractivity contribution in [3.05, 3.63) is 27.1 Å². The second-order valence-electron chi connectivity index (χ2n) is 5.64. The van der Waals surface area contributed by atoms with Crippen molar-refractivity contribution in [2.24, 2.45) is 5.41 Å². The fourth-order valence-electron chi connectivity index (χ4n) is 2.99. The largest absolute Gasteiger partial charge is 0.356 e. The van der Waals surface area contributed by atoms with Gasteiger partial charge >= 0.3 is 5.00 Å². The molecule has 2 aliphatic rings. The molecular formula is C13H15N3O4S. The number of carbonyl (C=O) groups is 2. The predicted molar refractivity (Wildman–Crippen MR) is 76.2 cm³/mol. The summed E-state index contributed by atoms with van der Waals surface area (Å²) < 4.78 is 0. The second kappa shape index (κ2) is 5.10. The molecule has 112 valence electrons. The van der Waals surface area contributed by atoms with Crippen molar-refractivity contribution in [1.82, 2.24) is 10.2 Å². The summed E-state index contributed by atoms with van der Waals surface area (Å²) in [7, 11) is 0. The van der Waals surface area contributed by atoms with E-state index in [2.05, 4.69) is 5.32 Å². The number of likely N-dealkylation sites (tertiary alicyclic amines) is 1. The molecule has 0 aliphatic carbocycles. The van der Waals surface area contributed by atoms with Gasteiger partial charge in [-0.05, 0) is 24.3 Å². The van der Waals surface area contributed by atoms with Crippen LogP contribution in [0, 0.1) is 15.5 Å². The van der Waals surface area contributed by atoms with Crippen molar-refractivity contribution < 1.29 is 14.5 Å². The first-order valence-corrected chi connectivity index (χ1v) is 7.61. The Bertz CT molecular complexity index is 604. The highest BCUT2D eigenvalue weighted by atomic mass is 32.1. The number of piperidine rings is 1. The molecule has 0 atom stereocenters. The monoisotopic (exact) mass is 309 g/mol. The summed E-state index contributed by atoms with van der Waals surface area (Å²) in [4.78, 5) is 36.0. The van der Waals surface area contributed by atoms with E-state index in [0.29, 0.717) is 30.9 Å². The number of hydrogen-bond acceptors (Lipinski definition) is 5. The molecule has 2 amide bonds. The Balaban J connectivity index is 1.64. The van der Waals surface area contributed by atoms with Gasteiger partial charge in [-0.3, -0.25) is 19.7 Å². The van der Waals surface area contributed by atoms with E-state index in [-0.39, 0.29) is 22.2 Å². The molecule has 1 aromatic heterocycles. The van der Waals surface area contributed by atoms with Crippen molar-refractivity contribution in [2.45, 2.75) is 19.3 Å². The molecule has 8 heteroatoms. The van der Waals surface area contributed by atoms with Crippen molar-refractivity contribution in [2.75, 3.05) is 19.6 Å². The minimum Gasteiger partial charge on any atom is -0.356 e. The first-order chi connectivity index (χ1) is 9.99. The zero-order valence-electron chi connectivity index (χ0n) is 11.3. The molecule has 1 spiro atoms. The van der Waals surface area contributed by atoms with Crippen LogP contribution in [-0.2, 0) is 4.79 Å². The molecule has 2 saturated heterocycles. The molecule has 0 saturated carbocycles. The van der Waals surface area contributed by atoms with Gasteiger partial charge in [-0.1, -0.05) is 11.3 Å². The molecule has 2 aliphatic heterocycles. The number of rotatable bonds is 2. The molecule has 7 nitrogen and oxygen atoms in total. The summed E-state index contributed by atoms with van der Waals surface area (Å²) in [5.41, 5.74) is -0.00465. The summed E-state index contributed by atoms with van der Waals surface area (Å²) in [5.74, 6) is -0.0658. The Morgan fingerprint density at radius 3 is 2.62 bits per heavy atom. The average Bonchev–Trinajstić information content (AvgIpc) is 3.07. The minimum atomic E-state index is -0.484. The third-order valence-corrected chi connectivity index (χ3v) is 5.31. The van der Waals surface area contributed by atoms with Gasteiger partial charge in [0.05, 0.1) is 9.80 Å². The quantitative estimate of drug-likeness (QED) is 0.660. The maximum Gasteiger partial charge on any atom is 0.324 e. The van der Waals surface area contributed by atoms with Crippen LogP contribution < -0.4 is 5.32 Å². The summed E-state index contributed by atoms with van der Waals surface area (Å²) >= 11 is 0.910. The Kier molecular flexibility index (Phi) is 3.40. The first kappa shape index (κ1) is 14.0. The smallest absolute Gasteiger partial charge is 0.324 e. The van der Waals surface area contributed by atoms with Crippen LogP contribution in [0.15, 0.2) is 12.1 Å². The second-order valence-corrected chi connectivity index (χ2v) is 6.70. The molecular weight excluding hydrogens is 294 g/mol. The maximum absolute atomic E-state index is 12.3. The lowest BCUT2D eigenvalue weighted by atomic mass is 9.77. The van der Waals surface area contributed by atoms with Crippen molar-refractivity contribution in [3.63, 3.8) is 0 Å². The van der Waals surface area contributed by atoms with E-state index < -0.39 is 4.92 Å². The van der Waals surface area contributed by atoms with Crippen molar-refractivity contribution >= 4 is 28.2 Å². The minimum absolute atomic E-state index is 0.00465. The topological polar surface area (TPSA) is 92.5 Å². The van der Waals surface area contributed by atoms with Gasteiger partial charge in [0, 0.05) is 32.1 Å². The molecule has 3 heterocycles. The zero-order chi connectivity index (χ0) is 15.0. The Hall–Kier alpha value is -1.96. The molecule has 1 N–H and O–H groups in total. The van der Waals surface area contributed by atoms with Gasteiger partial charge in [0.15, 0.2) is 0 Å². The highest BCUT2D eigenvalue weighted by Gasteiger charge is 2.41. The summed E-state index contributed by atoms with van der Waals surface area (Å²) in [5, 5.41) is 13.5. The van der Waals surface area contributed by atoms with Gasteiger partial charge in [0.25, 0.3) is 5.91 Å². The molecule has 3 rings (SSSR count). The maximum atomic E-state index is 12.3. The third kappa shape index (κ3) is 2.63. The average molecular weight is 309 g/mol. The molecule has 1 aromatic rings. The third-order valence-electron chi connectivity index (χ3n) is 4.29. The number of thiophene rings is 1. The van der Waals surface area contributed by atoms with E-state index in [1.54, 1.807) is 4.90 Å². The fourth-order valence-corrected chi connectivity index (χ4v) is 3.77. The number of nitro groups is 1. The number of nitrogens with zero attached hydrogens (tertiary/aromatic N) is 2. The first-order valence-electron chi connectivity index (χ1n) is 6.79. The van der Waals surface area contributed by atoms with Crippen molar-refractivity contribution in [3.8, 4) is 0 Å². The van der Waals surface area contributed by atoms with E-state index in [1.165, 1.54) is 12.1 Å². The van der Waals surface area contributed by atoms with Gasteiger partial charge in [0.1, 0.15) is 0 Å². The van der Waals surface area contributed by atoms with Crippen LogP contribution in [0.5, 0.6) is 0 Å². The normalized spacial score (nSPS) is 20.6. The summed E-state index contributed by atoms with van der Waals surface area (Å²) in [6.45, 7) is 1.89. The number of amides is 2. The lowest BCUT2D eigenvalue weighted by molar-refractivity contribution is -0.380. The summed E-state index contributed by atoms with van der Waals surface area (Å²) in [6, 6.07) is 2.87. The van der Waals surface area contributed by atoms with Gasteiger partial charge in [0.2, 0.25) is 5.91 Å². The molecule has 2 fully saturated rings. The van der Waals surface area contributed by atoms with Crippen LogP contribution in [0.25, 0.3) is 0 Å². The predicted octanol–water partition coefficient (Wildman–Crippen LogP) is 1.40. The Labute approximate surface area is 125 Å². The fraction of sp³-hybridized carbons (Fsp3) is 0.538. The van der Waals surface area contributed by atoms with Gasteiger partial charge in [-0.25, -0.2) is 0 Å². The highest BCUT2D eigenvalue weighted by Crippen LogP contribution is 2.38. The van der Waals surface area contributed by atoms with E-state index >= 15 is 0 Å². The van der Waals surface area contributed by atoms with Crippen LogP contribution >= 0.6 is 11.3 Å². The number of carbonyl (C=O) groups excluding carboxylic acids is 2. The van der Waals surface area contributed by atoms with E-state index in [0.717, 1.165) is 24.2 Å². The van der Waals surface area contributed by atoms with Crippen LogP contribution in [0.1, 0.15) is 28.9 Å². The Morgan fingerprint density at radius 1 is 1.38 bits per heavy atom.